The Hall–Kier alpha value is -1.75. The molecule has 0 bridgehead atoms. The highest BCUT2D eigenvalue weighted by Gasteiger charge is 2.24. The van der Waals surface area contributed by atoms with Gasteiger partial charge in [-0.15, -0.1) is 0 Å². The Labute approximate surface area is 134 Å². The van der Waals surface area contributed by atoms with Gasteiger partial charge in [0.05, 0.1) is 0 Å². The Balaban J connectivity index is 1.78. The molecule has 1 aliphatic carbocycles. The van der Waals surface area contributed by atoms with Gasteiger partial charge in [-0.3, -0.25) is 5.32 Å². The first-order valence-corrected chi connectivity index (χ1v) is 7.86. The van der Waals surface area contributed by atoms with E-state index in [1.54, 1.807) is 24.3 Å². The van der Waals surface area contributed by atoms with Crippen molar-refractivity contribution in [3.05, 3.63) is 29.3 Å². The number of nitrogens with one attached hydrogen (secondary N) is 1. The molecule has 0 radical (unpaired) electrons. The number of esters is 1. The van der Waals surface area contributed by atoms with Crippen LogP contribution in [0.1, 0.15) is 39.0 Å². The van der Waals surface area contributed by atoms with Gasteiger partial charge in [-0.2, -0.15) is 0 Å². The predicted octanol–water partition coefficient (Wildman–Crippen LogP) is 4.15. The molecule has 0 unspecified atom stereocenters. The molecule has 22 heavy (non-hydrogen) atoms. The molecule has 1 saturated carbocycles. The molecule has 2 rings (SSSR count). The number of anilines is 1. The zero-order valence-corrected chi connectivity index (χ0v) is 13.3. The smallest absolute Gasteiger partial charge is 0.412 e. The van der Waals surface area contributed by atoms with Gasteiger partial charge in [0.1, 0.15) is 6.10 Å². The van der Waals surface area contributed by atoms with Crippen LogP contribution < -0.4 is 5.32 Å². The summed E-state index contributed by atoms with van der Waals surface area (Å²) in [5, 5.41) is 3.02. The maximum absolute atomic E-state index is 11.9. The number of carbonyl (C=O) groups excluding carboxylic acids is 2. The third kappa shape index (κ3) is 5.22. The average Bonchev–Trinajstić information content (AvgIpc) is 2.48. The van der Waals surface area contributed by atoms with Gasteiger partial charge >= 0.3 is 12.1 Å². The minimum Gasteiger partial charge on any atom is -0.460 e. The van der Waals surface area contributed by atoms with Crippen LogP contribution in [0.5, 0.6) is 0 Å². The van der Waals surface area contributed by atoms with Gasteiger partial charge in [0.2, 0.25) is 0 Å². The summed E-state index contributed by atoms with van der Waals surface area (Å²) >= 11 is 5.83. The summed E-state index contributed by atoms with van der Waals surface area (Å²) in [5.74, 6) is -0.506. The molecule has 6 heteroatoms. The van der Waals surface area contributed by atoms with Crippen LogP contribution in [0.25, 0.3) is 0 Å². The molecular formula is C16H20ClNO4. The lowest BCUT2D eigenvalue weighted by molar-refractivity contribution is -0.159. The summed E-state index contributed by atoms with van der Waals surface area (Å²) in [6.07, 6.45) is 3.38. The molecule has 120 valence electrons. The Kier molecular flexibility index (Phi) is 6.07. The quantitative estimate of drug-likeness (QED) is 0.844. The van der Waals surface area contributed by atoms with E-state index in [1.165, 1.54) is 13.3 Å². The molecule has 0 aliphatic heterocycles. The molecule has 1 fully saturated rings. The van der Waals surface area contributed by atoms with E-state index in [1.807, 2.05) is 0 Å². The fourth-order valence-corrected chi connectivity index (χ4v) is 2.56. The summed E-state index contributed by atoms with van der Waals surface area (Å²) in [6.45, 7) is 1.50. The van der Waals surface area contributed by atoms with Crippen LogP contribution in [0.2, 0.25) is 5.02 Å². The number of rotatable bonds is 4. The summed E-state index contributed by atoms with van der Waals surface area (Å²) in [7, 11) is 0. The summed E-state index contributed by atoms with van der Waals surface area (Å²) < 4.78 is 10.4. The molecule has 0 aromatic heterocycles. The van der Waals surface area contributed by atoms with Crippen molar-refractivity contribution in [1.29, 1.82) is 0 Å². The molecule has 1 aromatic rings. The normalized spacial score (nSPS) is 16.6. The molecule has 0 spiro atoms. The van der Waals surface area contributed by atoms with Crippen LogP contribution in [0.4, 0.5) is 10.5 Å². The van der Waals surface area contributed by atoms with Crippen molar-refractivity contribution >= 4 is 29.4 Å². The Bertz CT molecular complexity index is 529. The Morgan fingerprint density at radius 1 is 1.27 bits per heavy atom. The minimum absolute atomic E-state index is 0.0525. The third-order valence-corrected chi connectivity index (χ3v) is 3.76. The van der Waals surface area contributed by atoms with Crippen molar-refractivity contribution in [1.82, 2.24) is 0 Å². The van der Waals surface area contributed by atoms with E-state index in [0.29, 0.717) is 10.7 Å². The van der Waals surface area contributed by atoms with Crippen molar-refractivity contribution in [2.45, 2.75) is 51.2 Å². The predicted molar refractivity (Wildman–Crippen MR) is 84.0 cm³/mol. The van der Waals surface area contributed by atoms with Crippen molar-refractivity contribution in [2.75, 3.05) is 5.32 Å². The minimum atomic E-state index is -0.943. The van der Waals surface area contributed by atoms with Gasteiger partial charge in [-0.1, -0.05) is 24.1 Å². The topological polar surface area (TPSA) is 64.6 Å². The van der Waals surface area contributed by atoms with Crippen molar-refractivity contribution in [2.24, 2.45) is 0 Å². The summed E-state index contributed by atoms with van der Waals surface area (Å²) in [5.41, 5.74) is 0.505. The van der Waals surface area contributed by atoms with E-state index >= 15 is 0 Å². The number of amides is 1. The van der Waals surface area contributed by atoms with Crippen molar-refractivity contribution in [3.8, 4) is 0 Å². The second kappa shape index (κ2) is 8.03. The first-order valence-electron chi connectivity index (χ1n) is 7.48. The fourth-order valence-electron chi connectivity index (χ4n) is 2.37. The van der Waals surface area contributed by atoms with E-state index in [0.717, 1.165) is 25.7 Å². The SMILES string of the molecule is C[C@H](OC(=O)Nc1cccc(Cl)c1)C(=O)OC1CCCCC1. The highest BCUT2D eigenvalue weighted by atomic mass is 35.5. The lowest BCUT2D eigenvalue weighted by Crippen LogP contribution is -2.32. The highest BCUT2D eigenvalue weighted by Crippen LogP contribution is 2.21. The molecule has 1 aliphatic rings. The second-order valence-corrected chi connectivity index (χ2v) is 5.82. The maximum atomic E-state index is 11.9. The molecule has 0 saturated heterocycles. The van der Waals surface area contributed by atoms with Gasteiger partial charge in [-0.25, -0.2) is 9.59 Å². The molecule has 5 nitrogen and oxygen atoms in total. The number of benzene rings is 1. The van der Waals surface area contributed by atoms with E-state index in [2.05, 4.69) is 5.32 Å². The Morgan fingerprint density at radius 2 is 2.00 bits per heavy atom. The van der Waals surface area contributed by atoms with Crippen LogP contribution >= 0.6 is 11.6 Å². The van der Waals surface area contributed by atoms with Crippen LogP contribution in [0.3, 0.4) is 0 Å². The first-order chi connectivity index (χ1) is 10.5. The second-order valence-electron chi connectivity index (χ2n) is 5.38. The number of halogens is 1. The average molecular weight is 326 g/mol. The largest absolute Gasteiger partial charge is 0.460 e. The van der Waals surface area contributed by atoms with Gasteiger partial charge < -0.3 is 9.47 Å². The Morgan fingerprint density at radius 3 is 2.68 bits per heavy atom. The molecule has 1 N–H and O–H groups in total. The molecule has 1 amide bonds. The molecular weight excluding hydrogens is 306 g/mol. The van der Waals surface area contributed by atoms with Crippen LogP contribution in [-0.4, -0.2) is 24.3 Å². The molecule has 1 aromatic carbocycles. The van der Waals surface area contributed by atoms with E-state index in [4.69, 9.17) is 21.1 Å². The number of ether oxygens (including phenoxy) is 2. The van der Waals surface area contributed by atoms with Crippen LogP contribution in [0.15, 0.2) is 24.3 Å². The fraction of sp³-hybridized carbons (Fsp3) is 0.500. The van der Waals surface area contributed by atoms with E-state index < -0.39 is 18.2 Å². The summed E-state index contributed by atoms with van der Waals surface area (Å²) in [4.78, 5) is 23.7. The number of hydrogen-bond donors (Lipinski definition) is 1. The lowest BCUT2D eigenvalue weighted by Gasteiger charge is -2.23. The van der Waals surface area contributed by atoms with Crippen LogP contribution in [-0.2, 0) is 14.3 Å². The van der Waals surface area contributed by atoms with Crippen molar-refractivity contribution < 1.29 is 19.1 Å². The summed E-state index contributed by atoms with van der Waals surface area (Å²) in [6, 6.07) is 6.67. The zero-order chi connectivity index (χ0) is 15.9. The van der Waals surface area contributed by atoms with Gasteiger partial charge in [0.25, 0.3) is 0 Å². The van der Waals surface area contributed by atoms with Gasteiger partial charge in [0, 0.05) is 10.7 Å². The van der Waals surface area contributed by atoms with E-state index in [-0.39, 0.29) is 6.10 Å². The highest BCUT2D eigenvalue weighted by molar-refractivity contribution is 6.30. The zero-order valence-electron chi connectivity index (χ0n) is 12.5. The number of hydrogen-bond acceptors (Lipinski definition) is 4. The monoisotopic (exact) mass is 325 g/mol. The maximum Gasteiger partial charge on any atom is 0.412 e. The standard InChI is InChI=1S/C16H20ClNO4/c1-11(15(19)22-14-8-3-2-4-9-14)21-16(20)18-13-7-5-6-12(17)10-13/h5-7,10-11,14H,2-4,8-9H2,1H3,(H,18,20)/t11-/m0/s1. The van der Waals surface area contributed by atoms with Gasteiger partial charge in [0.15, 0.2) is 6.10 Å². The first kappa shape index (κ1) is 16.6. The van der Waals surface area contributed by atoms with Crippen molar-refractivity contribution in [3.63, 3.8) is 0 Å². The lowest BCUT2D eigenvalue weighted by atomic mass is 9.98. The van der Waals surface area contributed by atoms with Crippen LogP contribution in [0, 0.1) is 0 Å². The number of carbonyl (C=O) groups is 2. The van der Waals surface area contributed by atoms with E-state index in [9.17, 15) is 9.59 Å². The molecule has 1 atom stereocenters. The molecule has 0 heterocycles. The third-order valence-electron chi connectivity index (χ3n) is 3.52. The van der Waals surface area contributed by atoms with Gasteiger partial charge in [-0.05, 0) is 50.8 Å².